The van der Waals surface area contributed by atoms with Gasteiger partial charge in [0, 0.05) is 6.42 Å². The van der Waals surface area contributed by atoms with E-state index in [2.05, 4.69) is 10.1 Å². The van der Waals surface area contributed by atoms with E-state index in [4.69, 9.17) is 0 Å². The van der Waals surface area contributed by atoms with Crippen LogP contribution in [0.5, 0.6) is 0 Å². The van der Waals surface area contributed by atoms with Crippen LogP contribution in [0.1, 0.15) is 30.1 Å². The molecule has 1 rings (SSSR count). The van der Waals surface area contributed by atoms with Gasteiger partial charge >= 0.3 is 5.97 Å². The first-order chi connectivity index (χ1) is 9.86. The van der Waals surface area contributed by atoms with Crippen molar-refractivity contribution >= 4 is 17.7 Å². The van der Waals surface area contributed by atoms with Crippen LogP contribution in [-0.4, -0.2) is 30.8 Å². The van der Waals surface area contributed by atoms with Gasteiger partial charge in [-0.2, -0.15) is 0 Å². The molecule has 0 aromatic heterocycles. The molecule has 0 saturated carbocycles. The number of nitrogens with one attached hydrogen (secondary N) is 1. The molecule has 0 bridgehead atoms. The Morgan fingerprint density at radius 1 is 1.29 bits per heavy atom. The van der Waals surface area contributed by atoms with Crippen molar-refractivity contribution in [1.82, 2.24) is 5.32 Å². The third-order valence-corrected chi connectivity index (χ3v) is 2.77. The van der Waals surface area contributed by atoms with Crippen LogP contribution in [0.2, 0.25) is 0 Å². The van der Waals surface area contributed by atoms with Crippen molar-refractivity contribution in [3.63, 3.8) is 0 Å². The molecule has 1 aromatic rings. The molecular formula is C14H15F2NO4. The fourth-order valence-electron chi connectivity index (χ4n) is 1.65. The second kappa shape index (κ2) is 7.47. The molecule has 1 atom stereocenters. The molecule has 1 aromatic carbocycles. The van der Waals surface area contributed by atoms with Gasteiger partial charge < -0.3 is 14.8 Å². The first-order valence-electron chi connectivity index (χ1n) is 6.19. The van der Waals surface area contributed by atoms with Gasteiger partial charge in [-0.25, -0.2) is 13.6 Å². The number of carbonyl (C=O) groups is 3. The Morgan fingerprint density at radius 3 is 2.52 bits per heavy atom. The maximum absolute atomic E-state index is 13.5. The van der Waals surface area contributed by atoms with E-state index in [1.807, 2.05) is 0 Å². The summed E-state index contributed by atoms with van der Waals surface area (Å²) in [5, 5.41) is 2.24. The number of ether oxygens (including phenoxy) is 1. The molecule has 0 unspecified atom stereocenters. The van der Waals surface area contributed by atoms with E-state index < -0.39 is 35.1 Å². The number of carbonyl (C=O) groups excluding carboxylic acids is 3. The molecule has 0 radical (unpaired) electrons. The Balaban J connectivity index is 2.87. The number of Topliss-reactive ketones (excluding diaryl/α,β-unsaturated/α-hetero) is 1. The molecule has 0 fully saturated rings. The van der Waals surface area contributed by atoms with Crippen molar-refractivity contribution in [2.75, 3.05) is 7.11 Å². The molecule has 5 nitrogen and oxygen atoms in total. The van der Waals surface area contributed by atoms with Gasteiger partial charge in [-0.1, -0.05) is 6.07 Å². The topological polar surface area (TPSA) is 72.5 Å². The van der Waals surface area contributed by atoms with Crippen molar-refractivity contribution < 1.29 is 27.9 Å². The monoisotopic (exact) mass is 299 g/mol. The average Bonchev–Trinajstić information content (AvgIpc) is 2.45. The fourth-order valence-corrected chi connectivity index (χ4v) is 1.65. The molecule has 114 valence electrons. The number of amides is 1. The molecule has 0 aliphatic heterocycles. The third-order valence-electron chi connectivity index (χ3n) is 2.77. The van der Waals surface area contributed by atoms with Crippen molar-refractivity contribution in [2.45, 2.75) is 25.8 Å². The zero-order valence-electron chi connectivity index (χ0n) is 11.6. The van der Waals surface area contributed by atoms with Gasteiger partial charge in [0.05, 0.1) is 12.7 Å². The minimum atomic E-state index is -1.30. The highest BCUT2D eigenvalue weighted by Crippen LogP contribution is 2.12. The predicted molar refractivity (Wildman–Crippen MR) is 69.5 cm³/mol. The summed E-state index contributed by atoms with van der Waals surface area (Å²) in [5.41, 5.74) is -0.522. The molecule has 0 aliphatic rings. The van der Waals surface area contributed by atoms with Crippen LogP contribution >= 0.6 is 0 Å². The maximum atomic E-state index is 13.5. The highest BCUT2D eigenvalue weighted by molar-refractivity contribution is 5.97. The summed E-state index contributed by atoms with van der Waals surface area (Å²) in [6.45, 7) is 1.34. The van der Waals surface area contributed by atoms with Crippen molar-refractivity contribution in [3.05, 3.63) is 35.4 Å². The number of hydrogen-bond donors (Lipinski definition) is 1. The Morgan fingerprint density at radius 2 is 1.95 bits per heavy atom. The van der Waals surface area contributed by atoms with Crippen LogP contribution in [0, 0.1) is 11.6 Å². The van der Waals surface area contributed by atoms with Crippen molar-refractivity contribution in [1.29, 1.82) is 0 Å². The Kier molecular flexibility index (Phi) is 5.95. The number of hydrogen-bond acceptors (Lipinski definition) is 4. The van der Waals surface area contributed by atoms with E-state index in [-0.39, 0.29) is 18.6 Å². The molecule has 21 heavy (non-hydrogen) atoms. The van der Waals surface area contributed by atoms with Crippen molar-refractivity contribution in [2.24, 2.45) is 0 Å². The third kappa shape index (κ3) is 4.62. The summed E-state index contributed by atoms with van der Waals surface area (Å²) in [6, 6.07) is 2.04. The lowest BCUT2D eigenvalue weighted by molar-refractivity contribution is -0.143. The SMILES string of the molecule is COC(=O)[C@@H](CCC(C)=O)NC(=O)c1cccc(F)c1F. The van der Waals surface area contributed by atoms with Crippen LogP contribution in [0.15, 0.2) is 18.2 Å². The number of benzene rings is 1. The largest absolute Gasteiger partial charge is 0.467 e. The van der Waals surface area contributed by atoms with Crippen LogP contribution in [0.4, 0.5) is 8.78 Å². The highest BCUT2D eigenvalue weighted by Gasteiger charge is 2.24. The second-order valence-corrected chi connectivity index (χ2v) is 4.39. The molecule has 7 heteroatoms. The summed E-state index contributed by atoms with van der Waals surface area (Å²) in [4.78, 5) is 34.3. The molecule has 1 amide bonds. The molecule has 1 N–H and O–H groups in total. The zero-order valence-corrected chi connectivity index (χ0v) is 11.6. The smallest absolute Gasteiger partial charge is 0.328 e. The Hall–Kier alpha value is -2.31. The Labute approximate surface area is 120 Å². The summed E-state index contributed by atoms with van der Waals surface area (Å²) >= 11 is 0. The molecule has 0 spiro atoms. The van der Waals surface area contributed by atoms with E-state index in [0.29, 0.717) is 0 Å². The van der Waals surface area contributed by atoms with Gasteiger partial charge in [0.1, 0.15) is 11.8 Å². The summed E-state index contributed by atoms with van der Waals surface area (Å²) < 4.78 is 31.1. The fraction of sp³-hybridized carbons (Fsp3) is 0.357. The van der Waals surface area contributed by atoms with Gasteiger partial charge in [0.15, 0.2) is 11.6 Å². The first kappa shape index (κ1) is 16.7. The number of rotatable bonds is 6. The highest BCUT2D eigenvalue weighted by atomic mass is 19.2. The molecule has 0 aliphatic carbocycles. The molecule has 0 heterocycles. The zero-order chi connectivity index (χ0) is 16.0. The van der Waals surface area contributed by atoms with E-state index in [1.54, 1.807) is 0 Å². The second-order valence-electron chi connectivity index (χ2n) is 4.39. The standard InChI is InChI=1S/C14H15F2NO4/c1-8(18)6-7-11(14(20)21-2)17-13(19)9-4-3-5-10(15)12(9)16/h3-5,11H,6-7H2,1-2H3,(H,17,19)/t11-/m1/s1. The number of esters is 1. The molecule has 0 saturated heterocycles. The summed E-state index contributed by atoms with van der Waals surface area (Å²) in [7, 11) is 1.12. The minimum absolute atomic E-state index is 0.0185. The number of ketones is 1. The van der Waals surface area contributed by atoms with Crippen LogP contribution < -0.4 is 5.32 Å². The lowest BCUT2D eigenvalue weighted by Gasteiger charge is -2.16. The number of halogens is 2. The van der Waals surface area contributed by atoms with Gasteiger partial charge in [0.2, 0.25) is 0 Å². The average molecular weight is 299 g/mol. The number of methoxy groups -OCH3 is 1. The summed E-state index contributed by atoms with van der Waals surface area (Å²) in [5.74, 6) is -4.35. The lowest BCUT2D eigenvalue weighted by Crippen LogP contribution is -2.42. The van der Waals surface area contributed by atoms with Gasteiger partial charge in [0.25, 0.3) is 5.91 Å². The lowest BCUT2D eigenvalue weighted by atomic mass is 10.1. The van der Waals surface area contributed by atoms with Gasteiger partial charge in [-0.3, -0.25) is 4.79 Å². The maximum Gasteiger partial charge on any atom is 0.328 e. The van der Waals surface area contributed by atoms with Crippen molar-refractivity contribution in [3.8, 4) is 0 Å². The predicted octanol–water partition coefficient (Wildman–Crippen LogP) is 1.61. The minimum Gasteiger partial charge on any atom is -0.467 e. The normalized spacial score (nSPS) is 11.6. The molecular weight excluding hydrogens is 284 g/mol. The van der Waals surface area contributed by atoms with Crippen LogP contribution in [0.3, 0.4) is 0 Å². The first-order valence-corrected chi connectivity index (χ1v) is 6.19. The van der Waals surface area contributed by atoms with Gasteiger partial charge in [-0.05, 0) is 25.5 Å². The van der Waals surface area contributed by atoms with E-state index in [9.17, 15) is 23.2 Å². The van der Waals surface area contributed by atoms with Gasteiger partial charge in [-0.15, -0.1) is 0 Å². The van der Waals surface area contributed by atoms with E-state index >= 15 is 0 Å². The van der Waals surface area contributed by atoms with Crippen LogP contribution in [-0.2, 0) is 14.3 Å². The van der Waals surface area contributed by atoms with Crippen LogP contribution in [0.25, 0.3) is 0 Å². The summed E-state index contributed by atoms with van der Waals surface area (Å²) in [6.07, 6.45) is 0.0658. The quantitative estimate of drug-likeness (QED) is 0.810. The van der Waals surface area contributed by atoms with E-state index in [1.165, 1.54) is 13.0 Å². The van der Waals surface area contributed by atoms with E-state index in [0.717, 1.165) is 19.2 Å². The Bertz CT molecular complexity index is 560.